The largest absolute Gasteiger partial charge is 0.481 e. The van der Waals surface area contributed by atoms with Gasteiger partial charge in [0, 0.05) is 20.0 Å². The summed E-state index contributed by atoms with van der Waals surface area (Å²) in [5, 5.41) is 13.0. The topological polar surface area (TPSA) is 78.4 Å². The van der Waals surface area contributed by atoms with Gasteiger partial charge in [0.15, 0.2) is 0 Å². The van der Waals surface area contributed by atoms with Gasteiger partial charge in [-0.1, -0.05) is 13.8 Å². The summed E-state index contributed by atoms with van der Waals surface area (Å²) in [4.78, 5) is 20.5. The molecule has 0 heterocycles. The molecule has 0 aliphatic rings. The van der Waals surface area contributed by atoms with Crippen molar-refractivity contribution in [2.75, 3.05) is 13.6 Å². The first-order valence-corrected chi connectivity index (χ1v) is 4.34. The Morgan fingerprint density at radius 3 is 2.23 bits per heavy atom. The number of carboxylic acid groups (broad SMARTS) is 1. The molecule has 0 bridgehead atoms. The lowest BCUT2D eigenvalue weighted by molar-refractivity contribution is -0.137. The number of hydrogen-bond acceptors (Lipinski definition) is 2. The van der Waals surface area contributed by atoms with Crippen molar-refractivity contribution in [3.8, 4) is 0 Å². The average molecular weight is 190 g/mol. The number of urea groups is 1. The van der Waals surface area contributed by atoms with Gasteiger partial charge in [-0.05, 0) is 6.42 Å². The van der Waals surface area contributed by atoms with Crippen molar-refractivity contribution < 1.29 is 14.7 Å². The molecule has 3 N–H and O–H groups in total. The summed E-state index contributed by atoms with van der Waals surface area (Å²) in [5.74, 6) is -0.844. The molecule has 0 aromatic heterocycles. The van der Waals surface area contributed by atoms with Gasteiger partial charge in [0.1, 0.15) is 0 Å². The molecule has 2 amide bonds. The molecule has 5 heteroatoms. The molecule has 0 radical (unpaired) electrons. The quantitative estimate of drug-likeness (QED) is 0.574. The number of hydrogen-bond donors (Lipinski definition) is 3. The Morgan fingerprint density at radius 2 is 1.85 bits per heavy atom. The summed E-state index contributed by atoms with van der Waals surface area (Å²) in [6.45, 7) is 4.39. The normalized spacial score (nSPS) is 7.92. The van der Waals surface area contributed by atoms with E-state index in [9.17, 15) is 9.59 Å². The molecule has 5 nitrogen and oxygen atoms in total. The molecule has 0 aliphatic heterocycles. The summed E-state index contributed by atoms with van der Waals surface area (Å²) in [7, 11) is 1.51. The molecule has 0 rings (SSSR count). The van der Waals surface area contributed by atoms with Gasteiger partial charge < -0.3 is 15.7 Å². The zero-order valence-electron chi connectivity index (χ0n) is 8.39. The van der Waals surface area contributed by atoms with Gasteiger partial charge in [0.25, 0.3) is 0 Å². The van der Waals surface area contributed by atoms with E-state index in [2.05, 4.69) is 10.6 Å². The lowest BCUT2D eigenvalue weighted by Crippen LogP contribution is -2.33. The van der Waals surface area contributed by atoms with E-state index in [1.807, 2.05) is 13.8 Å². The van der Waals surface area contributed by atoms with Gasteiger partial charge >= 0.3 is 12.0 Å². The summed E-state index contributed by atoms with van der Waals surface area (Å²) >= 11 is 0. The maximum atomic E-state index is 10.5. The minimum atomic E-state index is -0.844. The van der Waals surface area contributed by atoms with Crippen molar-refractivity contribution in [3.05, 3.63) is 0 Å². The van der Waals surface area contributed by atoms with Crippen LogP contribution in [0.4, 0.5) is 4.79 Å². The SMILES string of the molecule is CC.CNC(=O)NCCCC(=O)O. The molecule has 0 saturated heterocycles. The van der Waals surface area contributed by atoms with Crippen LogP contribution in [0.2, 0.25) is 0 Å². The summed E-state index contributed by atoms with van der Waals surface area (Å²) in [6.07, 6.45) is 0.548. The van der Waals surface area contributed by atoms with Gasteiger partial charge in [-0.25, -0.2) is 4.79 Å². The first-order valence-electron chi connectivity index (χ1n) is 4.34. The van der Waals surface area contributed by atoms with E-state index in [-0.39, 0.29) is 12.5 Å². The predicted molar refractivity (Wildman–Crippen MR) is 50.7 cm³/mol. The van der Waals surface area contributed by atoms with E-state index in [0.29, 0.717) is 13.0 Å². The highest BCUT2D eigenvalue weighted by atomic mass is 16.4. The lowest BCUT2D eigenvalue weighted by atomic mass is 10.3. The van der Waals surface area contributed by atoms with Crippen molar-refractivity contribution in [2.45, 2.75) is 26.7 Å². The number of carboxylic acids is 1. The molecule has 0 unspecified atom stereocenters. The van der Waals surface area contributed by atoms with Crippen LogP contribution < -0.4 is 10.6 Å². The molecule has 0 aromatic carbocycles. The Morgan fingerprint density at radius 1 is 1.31 bits per heavy atom. The smallest absolute Gasteiger partial charge is 0.314 e. The van der Waals surface area contributed by atoms with Crippen molar-refractivity contribution in [2.24, 2.45) is 0 Å². The third-order valence-electron chi connectivity index (χ3n) is 1.08. The Hall–Kier alpha value is -1.26. The number of nitrogens with one attached hydrogen (secondary N) is 2. The highest BCUT2D eigenvalue weighted by Gasteiger charge is 1.97. The van der Waals surface area contributed by atoms with E-state index in [0.717, 1.165) is 0 Å². The first kappa shape index (κ1) is 14.3. The average Bonchev–Trinajstić information content (AvgIpc) is 2.15. The molecule has 0 aliphatic carbocycles. The van der Waals surface area contributed by atoms with Crippen molar-refractivity contribution in [3.63, 3.8) is 0 Å². The molecule has 13 heavy (non-hydrogen) atoms. The maximum Gasteiger partial charge on any atom is 0.314 e. The summed E-state index contributed by atoms with van der Waals surface area (Å²) in [5.41, 5.74) is 0. The molecule has 0 fully saturated rings. The zero-order valence-corrected chi connectivity index (χ0v) is 8.39. The molecule has 78 valence electrons. The van der Waals surface area contributed by atoms with E-state index >= 15 is 0 Å². The van der Waals surface area contributed by atoms with Crippen LogP contribution in [0, 0.1) is 0 Å². The number of carbonyl (C=O) groups excluding carboxylic acids is 1. The highest BCUT2D eigenvalue weighted by molar-refractivity contribution is 5.73. The molecule has 0 aromatic rings. The van der Waals surface area contributed by atoms with Crippen LogP contribution in [0.15, 0.2) is 0 Å². The summed E-state index contributed by atoms with van der Waals surface area (Å²) < 4.78 is 0. The van der Waals surface area contributed by atoms with Crippen LogP contribution >= 0.6 is 0 Å². The Kier molecular flexibility index (Phi) is 11.8. The minimum absolute atomic E-state index is 0.0873. The Balaban J connectivity index is 0. The van der Waals surface area contributed by atoms with Crippen molar-refractivity contribution in [1.82, 2.24) is 10.6 Å². The number of carbonyl (C=O) groups is 2. The van der Waals surface area contributed by atoms with Crippen LogP contribution in [0.3, 0.4) is 0 Å². The number of amides is 2. The van der Waals surface area contributed by atoms with E-state index in [1.54, 1.807) is 0 Å². The molecular weight excluding hydrogens is 172 g/mol. The standard InChI is InChI=1S/C6H12N2O3.C2H6/c1-7-6(11)8-4-2-3-5(9)10;1-2/h2-4H2,1H3,(H,9,10)(H2,7,8,11);1-2H3. The van der Waals surface area contributed by atoms with Crippen LogP contribution in [-0.4, -0.2) is 30.7 Å². The lowest BCUT2D eigenvalue weighted by Gasteiger charge is -2.01. The molecular formula is C8H18N2O3. The third kappa shape index (κ3) is 13.7. The molecule has 0 saturated carbocycles. The van der Waals surface area contributed by atoms with Gasteiger partial charge in [-0.3, -0.25) is 4.79 Å². The third-order valence-corrected chi connectivity index (χ3v) is 1.08. The summed E-state index contributed by atoms with van der Waals surface area (Å²) in [6, 6.07) is -0.282. The molecule has 0 spiro atoms. The van der Waals surface area contributed by atoms with E-state index in [4.69, 9.17) is 5.11 Å². The highest BCUT2D eigenvalue weighted by Crippen LogP contribution is 1.85. The number of rotatable bonds is 4. The van der Waals surface area contributed by atoms with E-state index in [1.165, 1.54) is 7.05 Å². The van der Waals surface area contributed by atoms with Gasteiger partial charge in [0.2, 0.25) is 0 Å². The second kappa shape index (κ2) is 10.7. The second-order valence-electron chi connectivity index (χ2n) is 2.00. The first-order chi connectivity index (χ1) is 6.16. The fraction of sp³-hybridized carbons (Fsp3) is 0.750. The predicted octanol–water partition coefficient (Wildman–Crippen LogP) is 0.806. The van der Waals surface area contributed by atoms with Gasteiger partial charge in [-0.15, -0.1) is 0 Å². The Labute approximate surface area is 78.5 Å². The van der Waals surface area contributed by atoms with Crippen molar-refractivity contribution >= 4 is 12.0 Å². The monoisotopic (exact) mass is 190 g/mol. The van der Waals surface area contributed by atoms with E-state index < -0.39 is 5.97 Å². The van der Waals surface area contributed by atoms with Gasteiger partial charge in [0.05, 0.1) is 0 Å². The maximum absolute atomic E-state index is 10.5. The fourth-order valence-electron chi connectivity index (χ4n) is 0.530. The van der Waals surface area contributed by atoms with Crippen LogP contribution in [0.1, 0.15) is 26.7 Å². The van der Waals surface area contributed by atoms with Gasteiger partial charge in [-0.2, -0.15) is 0 Å². The van der Waals surface area contributed by atoms with Crippen LogP contribution in [0.5, 0.6) is 0 Å². The zero-order chi connectivity index (χ0) is 10.7. The molecule has 0 atom stereocenters. The van der Waals surface area contributed by atoms with Crippen LogP contribution in [0.25, 0.3) is 0 Å². The number of aliphatic carboxylic acids is 1. The minimum Gasteiger partial charge on any atom is -0.481 e. The fourth-order valence-corrected chi connectivity index (χ4v) is 0.530. The Bertz CT molecular complexity index is 148. The second-order valence-corrected chi connectivity index (χ2v) is 2.00. The van der Waals surface area contributed by atoms with Crippen molar-refractivity contribution in [1.29, 1.82) is 0 Å². The van der Waals surface area contributed by atoms with Crippen LogP contribution in [-0.2, 0) is 4.79 Å².